The van der Waals surface area contributed by atoms with Crippen molar-refractivity contribution in [1.29, 1.82) is 0 Å². The average molecular weight is 491 g/mol. The maximum Gasteiger partial charge on any atom is 0.301 e. The third-order valence-corrected chi connectivity index (χ3v) is 6.78. The van der Waals surface area contributed by atoms with Gasteiger partial charge in [0.1, 0.15) is 23.1 Å². The summed E-state index contributed by atoms with van der Waals surface area (Å²) >= 11 is 1.21. The second-order valence-electron chi connectivity index (χ2n) is 7.78. The Kier molecular flexibility index (Phi) is 5.70. The number of carbonyl (C=O) groups is 2. The lowest BCUT2D eigenvalue weighted by Gasteiger charge is -2.23. The molecule has 0 bridgehead atoms. The Balaban J connectivity index is 1.71. The Labute approximate surface area is 203 Å². The number of ketones is 1. The number of aromatic nitrogens is 1. The zero-order valence-electron chi connectivity index (χ0n) is 18.7. The monoisotopic (exact) mass is 490 g/mol. The first-order valence-electron chi connectivity index (χ1n) is 10.6. The molecule has 35 heavy (non-hydrogen) atoms. The Morgan fingerprint density at radius 2 is 1.71 bits per heavy atom. The number of halogens is 1. The van der Waals surface area contributed by atoms with Crippen molar-refractivity contribution >= 4 is 44.1 Å². The number of methoxy groups -OCH3 is 2. The largest absolute Gasteiger partial charge is 0.507 e. The highest BCUT2D eigenvalue weighted by molar-refractivity contribution is 7.22. The summed E-state index contributed by atoms with van der Waals surface area (Å²) < 4.78 is 25.0. The molecule has 0 aliphatic carbocycles. The molecule has 1 saturated heterocycles. The van der Waals surface area contributed by atoms with Crippen LogP contribution in [0.1, 0.15) is 17.2 Å². The van der Waals surface area contributed by atoms with Gasteiger partial charge >= 0.3 is 5.91 Å². The van der Waals surface area contributed by atoms with Gasteiger partial charge in [-0.25, -0.2) is 9.37 Å². The molecule has 1 aromatic heterocycles. The highest BCUT2D eigenvalue weighted by Crippen LogP contribution is 2.44. The highest BCUT2D eigenvalue weighted by Gasteiger charge is 2.48. The van der Waals surface area contributed by atoms with Crippen LogP contribution >= 0.6 is 11.3 Å². The van der Waals surface area contributed by atoms with E-state index in [1.165, 1.54) is 47.6 Å². The molecule has 1 N–H and O–H groups in total. The zero-order chi connectivity index (χ0) is 24.7. The summed E-state index contributed by atoms with van der Waals surface area (Å²) in [6.07, 6.45) is 0. The summed E-state index contributed by atoms with van der Waals surface area (Å²) in [5.74, 6) is -1.43. The van der Waals surface area contributed by atoms with Crippen LogP contribution in [0.15, 0.2) is 72.3 Å². The number of carbonyl (C=O) groups excluding carboxylic acids is 2. The first-order chi connectivity index (χ1) is 16.9. The van der Waals surface area contributed by atoms with Crippen molar-refractivity contribution in [2.24, 2.45) is 0 Å². The highest BCUT2D eigenvalue weighted by atomic mass is 32.1. The lowest BCUT2D eigenvalue weighted by atomic mass is 9.95. The molecule has 1 unspecified atom stereocenters. The van der Waals surface area contributed by atoms with Crippen LogP contribution < -0.4 is 14.4 Å². The van der Waals surface area contributed by atoms with Crippen molar-refractivity contribution in [3.05, 3.63) is 89.2 Å². The topological polar surface area (TPSA) is 89.0 Å². The first kappa shape index (κ1) is 22.5. The van der Waals surface area contributed by atoms with Crippen molar-refractivity contribution in [2.45, 2.75) is 6.04 Å². The number of rotatable bonds is 5. The van der Waals surface area contributed by atoms with E-state index in [9.17, 15) is 19.1 Å². The number of hydrogen-bond acceptors (Lipinski definition) is 7. The standard InChI is InChI=1S/C26H19FN2O5S/c1-33-17-5-3-4-15(12-17)23(30)21-22(14-6-8-16(27)9-7-14)29(25(32)24(21)31)26-28-19-11-10-18(34-2)13-20(19)35-26/h3-13,22,30H,1-2H3. The lowest BCUT2D eigenvalue weighted by molar-refractivity contribution is -0.132. The molecule has 5 rings (SSSR count). The SMILES string of the molecule is COc1cccc(C(O)=C2C(=O)C(=O)N(c3nc4ccc(OC)cc4s3)C2c2ccc(F)cc2)c1. The second-order valence-corrected chi connectivity index (χ2v) is 8.79. The minimum absolute atomic E-state index is 0.119. The molecular formula is C26H19FN2O5S. The van der Waals surface area contributed by atoms with Gasteiger partial charge in [0, 0.05) is 5.56 Å². The third kappa shape index (κ3) is 3.89. The van der Waals surface area contributed by atoms with Crippen molar-refractivity contribution in [3.8, 4) is 11.5 Å². The van der Waals surface area contributed by atoms with Crippen LogP contribution in [0, 0.1) is 5.82 Å². The molecule has 0 radical (unpaired) electrons. The minimum Gasteiger partial charge on any atom is -0.507 e. The molecular weight excluding hydrogens is 471 g/mol. The van der Waals surface area contributed by atoms with E-state index in [0.29, 0.717) is 28.1 Å². The molecule has 4 aromatic rings. The van der Waals surface area contributed by atoms with Gasteiger partial charge in [0.05, 0.1) is 36.1 Å². The molecule has 1 amide bonds. The summed E-state index contributed by atoms with van der Waals surface area (Å²) in [7, 11) is 3.04. The molecule has 1 aliphatic heterocycles. The van der Waals surface area contributed by atoms with Crippen molar-refractivity contribution < 1.29 is 28.6 Å². The normalized spacial score (nSPS) is 17.2. The van der Waals surface area contributed by atoms with Crippen molar-refractivity contribution in [2.75, 3.05) is 19.1 Å². The van der Waals surface area contributed by atoms with Gasteiger partial charge in [-0.3, -0.25) is 14.5 Å². The van der Waals surface area contributed by atoms with E-state index >= 15 is 0 Å². The summed E-state index contributed by atoms with van der Waals surface area (Å²) in [6.45, 7) is 0. The Bertz CT molecular complexity index is 1500. The molecule has 9 heteroatoms. The summed E-state index contributed by atoms with van der Waals surface area (Å²) in [4.78, 5) is 32.4. The van der Waals surface area contributed by atoms with Gasteiger partial charge < -0.3 is 14.6 Å². The quantitative estimate of drug-likeness (QED) is 0.239. The van der Waals surface area contributed by atoms with Crippen LogP contribution in [0.4, 0.5) is 9.52 Å². The van der Waals surface area contributed by atoms with Crippen LogP contribution in [0.25, 0.3) is 16.0 Å². The Morgan fingerprint density at radius 3 is 2.43 bits per heavy atom. The molecule has 176 valence electrons. The maximum atomic E-state index is 13.7. The number of aliphatic hydroxyl groups is 1. The molecule has 2 heterocycles. The summed E-state index contributed by atoms with van der Waals surface area (Å²) in [5, 5.41) is 11.5. The van der Waals surface area contributed by atoms with Gasteiger partial charge in [-0.2, -0.15) is 0 Å². The summed E-state index contributed by atoms with van der Waals surface area (Å²) in [5.41, 5.74) is 1.26. The Morgan fingerprint density at radius 1 is 1.00 bits per heavy atom. The van der Waals surface area contributed by atoms with Crippen LogP contribution in [-0.2, 0) is 9.59 Å². The number of fused-ring (bicyclic) bond motifs is 1. The molecule has 1 atom stereocenters. The number of hydrogen-bond donors (Lipinski definition) is 1. The van der Waals surface area contributed by atoms with Crippen molar-refractivity contribution in [1.82, 2.24) is 4.98 Å². The maximum absolute atomic E-state index is 13.7. The van der Waals surface area contributed by atoms with Crippen LogP contribution in [0.5, 0.6) is 11.5 Å². The number of amides is 1. The van der Waals surface area contributed by atoms with E-state index in [2.05, 4.69) is 4.98 Å². The van der Waals surface area contributed by atoms with Gasteiger partial charge in [0.2, 0.25) is 0 Å². The molecule has 0 spiro atoms. The molecule has 1 aliphatic rings. The van der Waals surface area contributed by atoms with Crippen molar-refractivity contribution in [3.63, 3.8) is 0 Å². The van der Waals surface area contributed by atoms with Crippen LogP contribution in [-0.4, -0.2) is 36.0 Å². The predicted molar refractivity (Wildman–Crippen MR) is 130 cm³/mol. The fraction of sp³-hybridized carbons (Fsp3) is 0.115. The van der Waals surface area contributed by atoms with E-state index < -0.39 is 23.5 Å². The lowest BCUT2D eigenvalue weighted by Crippen LogP contribution is -2.29. The number of Topliss-reactive ketones (excluding diaryl/α,β-unsaturated/α-hetero) is 1. The Hall–Kier alpha value is -4.24. The molecule has 1 fully saturated rings. The fourth-order valence-corrected chi connectivity index (χ4v) is 5.06. The van der Waals surface area contributed by atoms with Gasteiger partial charge in [0.25, 0.3) is 5.78 Å². The molecule has 0 saturated carbocycles. The second kappa shape index (κ2) is 8.84. The first-order valence-corrected chi connectivity index (χ1v) is 11.4. The average Bonchev–Trinajstić information content (AvgIpc) is 3.41. The molecule has 3 aromatic carbocycles. The van der Waals surface area contributed by atoms with E-state index in [-0.39, 0.29) is 16.5 Å². The fourth-order valence-electron chi connectivity index (χ4n) is 4.04. The van der Waals surface area contributed by atoms with E-state index in [1.807, 2.05) is 0 Å². The molecule has 7 nitrogen and oxygen atoms in total. The zero-order valence-corrected chi connectivity index (χ0v) is 19.5. The van der Waals surface area contributed by atoms with E-state index in [4.69, 9.17) is 9.47 Å². The number of nitrogens with zero attached hydrogens (tertiary/aromatic N) is 2. The minimum atomic E-state index is -1.01. The number of aliphatic hydroxyl groups excluding tert-OH is 1. The number of benzene rings is 3. The number of ether oxygens (including phenoxy) is 2. The number of anilines is 1. The van der Waals surface area contributed by atoms with E-state index in [1.54, 1.807) is 49.6 Å². The summed E-state index contributed by atoms with van der Waals surface area (Å²) in [6, 6.07) is 16.3. The smallest absolute Gasteiger partial charge is 0.301 e. The van der Waals surface area contributed by atoms with Gasteiger partial charge in [-0.05, 0) is 48.0 Å². The number of thiazole rings is 1. The van der Waals surface area contributed by atoms with Gasteiger partial charge in [0.15, 0.2) is 5.13 Å². The van der Waals surface area contributed by atoms with Crippen LogP contribution in [0.2, 0.25) is 0 Å². The third-order valence-electron chi connectivity index (χ3n) is 5.76. The van der Waals surface area contributed by atoms with Crippen LogP contribution in [0.3, 0.4) is 0 Å². The van der Waals surface area contributed by atoms with Gasteiger partial charge in [-0.1, -0.05) is 35.6 Å². The van der Waals surface area contributed by atoms with E-state index in [0.717, 1.165) is 4.70 Å². The predicted octanol–water partition coefficient (Wildman–Crippen LogP) is 5.08. The van der Waals surface area contributed by atoms with Gasteiger partial charge in [-0.15, -0.1) is 0 Å².